The van der Waals surface area contributed by atoms with Crippen LogP contribution in [0.3, 0.4) is 0 Å². The van der Waals surface area contributed by atoms with Gasteiger partial charge in [-0.1, -0.05) is 77.8 Å². The van der Waals surface area contributed by atoms with E-state index in [1.807, 2.05) is 67.6 Å². The number of alkyl halides is 1. The molecular weight excluding hydrogens is 566 g/mol. The second-order valence-electron chi connectivity index (χ2n) is 10.6. The van der Waals surface area contributed by atoms with E-state index in [9.17, 15) is 19.5 Å². The fourth-order valence-corrected chi connectivity index (χ4v) is 10.2. The number of carbonyl (C=O) groups excluding carboxylic acids is 3. The minimum absolute atomic E-state index is 0.0179. The molecule has 3 N–H and O–H groups in total. The van der Waals surface area contributed by atoms with Gasteiger partial charge >= 0.3 is 0 Å². The summed E-state index contributed by atoms with van der Waals surface area (Å²) in [6, 6.07) is 17.0. The third kappa shape index (κ3) is 4.56. The number of para-hydroxylation sites is 1. The molecule has 8 atom stereocenters. The molecule has 3 amide bonds. The molecule has 3 saturated heterocycles. The number of carbonyl (C=O) groups is 3. The van der Waals surface area contributed by atoms with Crippen LogP contribution in [0.1, 0.15) is 44.7 Å². The summed E-state index contributed by atoms with van der Waals surface area (Å²) < 4.78 is -0.771. The lowest BCUT2D eigenvalue weighted by Gasteiger charge is -2.38. The minimum Gasteiger partial charge on any atom is -0.394 e. The van der Waals surface area contributed by atoms with E-state index in [-0.39, 0.29) is 40.4 Å². The quantitative estimate of drug-likeness (QED) is 0.376. The van der Waals surface area contributed by atoms with Crippen molar-refractivity contribution in [1.82, 2.24) is 10.2 Å². The van der Waals surface area contributed by atoms with E-state index >= 15 is 0 Å². The molecule has 0 radical (unpaired) electrons. The maximum atomic E-state index is 14.4. The molecule has 38 heavy (non-hydrogen) atoms. The third-order valence-corrected chi connectivity index (χ3v) is 11.3. The van der Waals surface area contributed by atoms with Gasteiger partial charge in [-0.15, -0.1) is 11.8 Å². The molecule has 9 heteroatoms. The van der Waals surface area contributed by atoms with Gasteiger partial charge < -0.3 is 20.6 Å². The first-order valence-electron chi connectivity index (χ1n) is 13.3. The van der Waals surface area contributed by atoms with Crippen molar-refractivity contribution in [2.75, 3.05) is 11.9 Å². The van der Waals surface area contributed by atoms with Gasteiger partial charge in [-0.05, 0) is 37.5 Å². The number of aliphatic hydroxyl groups is 1. The van der Waals surface area contributed by atoms with Crippen molar-refractivity contribution in [1.29, 1.82) is 0 Å². The van der Waals surface area contributed by atoms with Gasteiger partial charge in [-0.25, -0.2) is 0 Å². The number of halogens is 1. The largest absolute Gasteiger partial charge is 0.394 e. The molecule has 0 aliphatic carbocycles. The van der Waals surface area contributed by atoms with Gasteiger partial charge in [0.25, 0.3) is 0 Å². The number of aliphatic hydroxyl groups excluding tert-OH is 1. The molecule has 0 aromatic heterocycles. The van der Waals surface area contributed by atoms with Crippen LogP contribution >= 0.6 is 27.7 Å². The maximum absolute atomic E-state index is 14.4. The van der Waals surface area contributed by atoms with E-state index in [0.29, 0.717) is 12.1 Å². The predicted molar refractivity (Wildman–Crippen MR) is 153 cm³/mol. The standard InChI is InChI=1S/C29H34BrN3O4S/c1-3-10-17(2)31-27(36)25-29-15-20(30)24(38-29)22(26(35)32-19-13-8-5-9-14-19)23(29)28(37)33(25)21(16-34)18-11-6-4-7-12-18/h4-9,11-14,17,20-25,34H,3,10,15-16H2,1-2H3,(H,31,36)(H,32,35)/t17?,20?,21-,22-,23+,24-,25?,29?/m1/s1. The summed E-state index contributed by atoms with van der Waals surface area (Å²) in [5.74, 6) is -1.93. The van der Waals surface area contributed by atoms with Gasteiger partial charge in [0.1, 0.15) is 6.04 Å². The van der Waals surface area contributed by atoms with Gasteiger partial charge in [-0.3, -0.25) is 14.4 Å². The summed E-state index contributed by atoms with van der Waals surface area (Å²) in [7, 11) is 0. The Morgan fingerprint density at radius 2 is 1.79 bits per heavy atom. The maximum Gasteiger partial charge on any atom is 0.244 e. The average molecular weight is 601 g/mol. The van der Waals surface area contributed by atoms with Crippen LogP contribution in [-0.2, 0) is 14.4 Å². The average Bonchev–Trinajstić information content (AvgIpc) is 3.49. The summed E-state index contributed by atoms with van der Waals surface area (Å²) in [5, 5.41) is 16.6. The molecule has 1 spiro atoms. The molecule has 3 aliphatic rings. The number of hydrogen-bond acceptors (Lipinski definition) is 5. The predicted octanol–water partition coefficient (Wildman–Crippen LogP) is 4.13. The zero-order valence-corrected chi connectivity index (χ0v) is 24.0. The first-order valence-corrected chi connectivity index (χ1v) is 15.1. The lowest BCUT2D eigenvalue weighted by molar-refractivity contribution is -0.142. The van der Waals surface area contributed by atoms with Gasteiger partial charge in [0.15, 0.2) is 0 Å². The van der Waals surface area contributed by atoms with E-state index in [1.54, 1.807) is 16.7 Å². The SMILES string of the molecule is CCCC(C)NC(=O)C1N([C@H](CO)c2ccccc2)C(=O)[C@@H]2[C@@H](C(=O)Nc3ccccc3)[C@@H]3SC12CC3Br. The van der Waals surface area contributed by atoms with E-state index in [1.165, 1.54) is 0 Å². The van der Waals surface area contributed by atoms with Crippen molar-refractivity contribution in [2.45, 2.75) is 66.1 Å². The Morgan fingerprint density at radius 1 is 1.13 bits per heavy atom. The van der Waals surface area contributed by atoms with Gasteiger partial charge in [0.2, 0.25) is 17.7 Å². The van der Waals surface area contributed by atoms with Crippen LogP contribution in [0.25, 0.3) is 0 Å². The highest BCUT2D eigenvalue weighted by atomic mass is 79.9. The number of benzene rings is 2. The van der Waals surface area contributed by atoms with Crippen LogP contribution in [0, 0.1) is 11.8 Å². The number of hydrogen-bond donors (Lipinski definition) is 3. The Labute approximate surface area is 236 Å². The molecule has 2 aromatic carbocycles. The van der Waals surface area contributed by atoms with Gasteiger partial charge in [0.05, 0.1) is 29.2 Å². The van der Waals surface area contributed by atoms with E-state index in [4.69, 9.17) is 0 Å². The van der Waals surface area contributed by atoms with Crippen LogP contribution in [-0.4, -0.2) is 61.2 Å². The van der Waals surface area contributed by atoms with E-state index < -0.39 is 28.7 Å². The summed E-state index contributed by atoms with van der Waals surface area (Å²) in [4.78, 5) is 43.7. The summed E-state index contributed by atoms with van der Waals surface area (Å²) in [6.07, 6.45) is 2.34. The van der Waals surface area contributed by atoms with Crippen LogP contribution in [0.4, 0.5) is 5.69 Å². The molecule has 4 unspecified atom stereocenters. The van der Waals surface area contributed by atoms with Crippen LogP contribution in [0.15, 0.2) is 60.7 Å². The first kappa shape index (κ1) is 27.2. The van der Waals surface area contributed by atoms with Crippen molar-refractivity contribution in [2.24, 2.45) is 11.8 Å². The number of anilines is 1. The summed E-state index contributed by atoms with van der Waals surface area (Å²) in [6.45, 7) is 3.72. The lowest BCUT2D eigenvalue weighted by atomic mass is 9.70. The molecule has 0 saturated carbocycles. The Balaban J connectivity index is 1.56. The first-order chi connectivity index (χ1) is 18.3. The van der Waals surface area contributed by atoms with Gasteiger partial charge in [-0.2, -0.15) is 0 Å². The monoisotopic (exact) mass is 599 g/mol. The van der Waals surface area contributed by atoms with Crippen molar-refractivity contribution < 1.29 is 19.5 Å². The molecule has 202 valence electrons. The highest BCUT2D eigenvalue weighted by Gasteiger charge is 2.76. The Kier molecular flexibility index (Phi) is 7.89. The second-order valence-corrected chi connectivity index (χ2v) is 13.3. The number of fused-ring (bicyclic) bond motifs is 1. The van der Waals surface area contributed by atoms with Crippen molar-refractivity contribution in [3.63, 3.8) is 0 Å². The number of nitrogens with zero attached hydrogens (tertiary/aromatic N) is 1. The highest BCUT2D eigenvalue weighted by Crippen LogP contribution is 2.68. The zero-order valence-electron chi connectivity index (χ0n) is 21.5. The second kappa shape index (κ2) is 11.0. The van der Waals surface area contributed by atoms with Crippen molar-refractivity contribution in [3.05, 3.63) is 66.2 Å². The van der Waals surface area contributed by atoms with Crippen molar-refractivity contribution >= 4 is 51.1 Å². The van der Waals surface area contributed by atoms with E-state index in [2.05, 4.69) is 33.5 Å². The lowest BCUT2D eigenvalue weighted by Crippen LogP contribution is -2.56. The number of rotatable bonds is 9. The molecule has 3 aliphatic heterocycles. The fraction of sp³-hybridized carbons (Fsp3) is 0.483. The summed E-state index contributed by atoms with van der Waals surface area (Å²) >= 11 is 5.40. The van der Waals surface area contributed by atoms with Crippen LogP contribution in [0.2, 0.25) is 0 Å². The molecule has 2 bridgehead atoms. The number of amides is 3. The zero-order chi connectivity index (χ0) is 27.0. The molecular formula is C29H34BrN3O4S. The smallest absolute Gasteiger partial charge is 0.244 e. The fourth-order valence-electron chi connectivity index (χ4n) is 6.61. The molecule has 3 heterocycles. The topological polar surface area (TPSA) is 98.7 Å². The van der Waals surface area contributed by atoms with Crippen LogP contribution < -0.4 is 10.6 Å². The van der Waals surface area contributed by atoms with Crippen molar-refractivity contribution in [3.8, 4) is 0 Å². The molecule has 3 fully saturated rings. The van der Waals surface area contributed by atoms with Crippen LogP contribution in [0.5, 0.6) is 0 Å². The molecule has 5 rings (SSSR count). The van der Waals surface area contributed by atoms with Gasteiger partial charge in [0, 0.05) is 21.8 Å². The number of likely N-dealkylation sites (tertiary alicyclic amines) is 1. The minimum atomic E-state index is -0.804. The number of thioether (sulfide) groups is 1. The molecule has 2 aromatic rings. The Hall–Kier alpha value is -2.36. The van der Waals surface area contributed by atoms with E-state index in [0.717, 1.165) is 18.4 Å². The number of nitrogens with one attached hydrogen (secondary N) is 2. The Morgan fingerprint density at radius 3 is 2.42 bits per heavy atom. The summed E-state index contributed by atoms with van der Waals surface area (Å²) in [5.41, 5.74) is 1.44. The highest BCUT2D eigenvalue weighted by molar-refractivity contribution is 9.09. The normalized spacial score (nSPS) is 31.1. The third-order valence-electron chi connectivity index (χ3n) is 8.12. The molecule has 7 nitrogen and oxygen atoms in total. The Bertz CT molecular complexity index is 1180.